The van der Waals surface area contributed by atoms with E-state index in [4.69, 9.17) is 16.3 Å². The molecule has 0 spiro atoms. The molecule has 0 radical (unpaired) electrons. The van der Waals surface area contributed by atoms with Crippen LogP contribution in [-0.4, -0.2) is 56.5 Å². The summed E-state index contributed by atoms with van der Waals surface area (Å²) in [5.41, 5.74) is 1.55. The molecular weight excluding hydrogens is 366 g/mol. The van der Waals surface area contributed by atoms with Crippen LogP contribution in [0.5, 0.6) is 5.75 Å². The number of nitrogens with zero attached hydrogens (tertiary/aromatic N) is 2. The van der Waals surface area contributed by atoms with Crippen molar-refractivity contribution in [3.63, 3.8) is 0 Å². The van der Waals surface area contributed by atoms with Gasteiger partial charge in [0.1, 0.15) is 5.75 Å². The number of hydrogen-bond acceptors (Lipinski definition) is 4. The quantitative estimate of drug-likeness (QED) is 0.856. The van der Waals surface area contributed by atoms with Crippen molar-refractivity contribution in [2.24, 2.45) is 0 Å². The summed E-state index contributed by atoms with van der Waals surface area (Å²) in [4.78, 5) is 28.5. The summed E-state index contributed by atoms with van der Waals surface area (Å²) in [6, 6.07) is 14.5. The number of carbonyl (C=O) groups excluding carboxylic acids is 2. The number of rotatable bonds is 5. The van der Waals surface area contributed by atoms with Gasteiger partial charge in [-0.3, -0.25) is 9.59 Å². The van der Waals surface area contributed by atoms with Gasteiger partial charge in [0, 0.05) is 42.5 Å². The van der Waals surface area contributed by atoms with Crippen molar-refractivity contribution in [1.29, 1.82) is 0 Å². The van der Waals surface area contributed by atoms with E-state index < -0.39 is 0 Å². The first-order valence-electron chi connectivity index (χ1n) is 8.77. The van der Waals surface area contributed by atoms with E-state index in [0.29, 0.717) is 23.7 Å². The minimum absolute atomic E-state index is 0.0200. The number of halogens is 1. The Kier molecular flexibility index (Phi) is 6.19. The molecule has 2 aromatic rings. The maximum atomic E-state index is 12.4. The van der Waals surface area contributed by atoms with Gasteiger partial charge in [-0.1, -0.05) is 17.7 Å². The van der Waals surface area contributed by atoms with Crippen molar-refractivity contribution in [3.8, 4) is 5.75 Å². The fraction of sp³-hybridized carbons (Fsp3) is 0.300. The minimum atomic E-state index is -0.303. The zero-order valence-electron chi connectivity index (χ0n) is 15.2. The lowest BCUT2D eigenvalue weighted by atomic mass is 10.2. The molecule has 2 aromatic carbocycles. The average molecular weight is 388 g/mol. The van der Waals surface area contributed by atoms with Crippen LogP contribution >= 0.6 is 11.6 Å². The number of methoxy groups -OCH3 is 1. The van der Waals surface area contributed by atoms with Crippen molar-refractivity contribution < 1.29 is 14.3 Å². The molecule has 27 heavy (non-hydrogen) atoms. The fourth-order valence-electron chi connectivity index (χ4n) is 3.01. The lowest BCUT2D eigenvalue weighted by Gasteiger charge is -2.36. The molecule has 0 bridgehead atoms. The monoisotopic (exact) mass is 387 g/mol. The van der Waals surface area contributed by atoms with Crippen LogP contribution in [0, 0.1) is 0 Å². The van der Waals surface area contributed by atoms with Crippen LogP contribution in [-0.2, 0) is 4.79 Å². The van der Waals surface area contributed by atoms with Crippen molar-refractivity contribution >= 4 is 29.1 Å². The van der Waals surface area contributed by atoms with Gasteiger partial charge >= 0.3 is 0 Å². The summed E-state index contributed by atoms with van der Waals surface area (Å²) in [7, 11) is 1.64. The number of carbonyl (C=O) groups is 2. The molecule has 1 N–H and O–H groups in total. The normalized spacial score (nSPS) is 14.0. The molecule has 0 atom stereocenters. The Morgan fingerprint density at radius 2 is 1.78 bits per heavy atom. The summed E-state index contributed by atoms with van der Waals surface area (Å²) in [6.45, 7) is 2.73. The lowest BCUT2D eigenvalue weighted by Crippen LogP contribution is -2.51. The molecule has 7 heteroatoms. The zero-order chi connectivity index (χ0) is 19.2. The number of anilines is 1. The van der Waals surface area contributed by atoms with Crippen LogP contribution in [0.4, 0.5) is 5.69 Å². The van der Waals surface area contributed by atoms with Crippen LogP contribution in [0.25, 0.3) is 0 Å². The van der Waals surface area contributed by atoms with Gasteiger partial charge in [0.15, 0.2) is 0 Å². The minimum Gasteiger partial charge on any atom is -0.497 e. The molecule has 2 amide bonds. The Hall–Kier alpha value is -2.73. The molecule has 6 nitrogen and oxygen atoms in total. The largest absolute Gasteiger partial charge is 0.497 e. The highest BCUT2D eigenvalue weighted by molar-refractivity contribution is 6.30. The Morgan fingerprint density at radius 3 is 2.41 bits per heavy atom. The van der Waals surface area contributed by atoms with Gasteiger partial charge in [-0.2, -0.15) is 0 Å². The summed E-state index contributed by atoms with van der Waals surface area (Å²) >= 11 is 5.89. The van der Waals surface area contributed by atoms with Gasteiger partial charge in [0.05, 0.1) is 13.7 Å². The van der Waals surface area contributed by atoms with Crippen molar-refractivity contribution in [1.82, 2.24) is 10.2 Å². The second kappa shape index (κ2) is 8.77. The van der Waals surface area contributed by atoms with Gasteiger partial charge < -0.3 is 19.9 Å². The first-order valence-corrected chi connectivity index (χ1v) is 9.15. The van der Waals surface area contributed by atoms with Crippen LogP contribution in [0.15, 0.2) is 48.5 Å². The van der Waals surface area contributed by atoms with Gasteiger partial charge in [-0.25, -0.2) is 0 Å². The van der Waals surface area contributed by atoms with Crippen molar-refractivity contribution in [3.05, 3.63) is 59.1 Å². The van der Waals surface area contributed by atoms with Crippen LogP contribution in [0.3, 0.4) is 0 Å². The third kappa shape index (κ3) is 4.92. The van der Waals surface area contributed by atoms with E-state index in [2.05, 4.69) is 10.2 Å². The molecule has 0 saturated carbocycles. The highest BCUT2D eigenvalue weighted by atomic mass is 35.5. The summed E-state index contributed by atoms with van der Waals surface area (Å²) in [5, 5.41) is 3.15. The number of nitrogens with one attached hydrogen (secondary N) is 1. The smallest absolute Gasteiger partial charge is 0.251 e. The van der Waals surface area contributed by atoms with E-state index in [1.54, 1.807) is 36.3 Å². The van der Waals surface area contributed by atoms with Crippen LogP contribution in [0.2, 0.25) is 5.02 Å². The molecule has 1 fully saturated rings. The second-order valence-corrected chi connectivity index (χ2v) is 6.70. The third-order valence-corrected chi connectivity index (χ3v) is 4.79. The molecule has 1 aliphatic heterocycles. The molecule has 142 valence electrons. The SMILES string of the molecule is COc1ccc(N2CCN(C(=O)CNC(=O)c3cccc(Cl)c3)CC2)cc1. The first kappa shape index (κ1) is 19.0. The molecule has 1 saturated heterocycles. The number of amides is 2. The highest BCUT2D eigenvalue weighted by Gasteiger charge is 2.21. The predicted molar refractivity (Wildman–Crippen MR) is 106 cm³/mol. The highest BCUT2D eigenvalue weighted by Crippen LogP contribution is 2.20. The Balaban J connectivity index is 1.47. The standard InChI is InChI=1S/C20H22ClN3O3/c1-27-18-7-5-17(6-8-18)23-9-11-24(12-10-23)19(25)14-22-20(26)15-3-2-4-16(21)13-15/h2-8,13H,9-12,14H2,1H3,(H,22,26). The second-order valence-electron chi connectivity index (χ2n) is 6.26. The fourth-order valence-corrected chi connectivity index (χ4v) is 3.20. The molecular formula is C20H22ClN3O3. The summed E-state index contributed by atoms with van der Waals surface area (Å²) < 4.78 is 5.18. The van der Waals surface area contributed by atoms with E-state index in [1.165, 1.54) is 0 Å². The number of piperazine rings is 1. The molecule has 0 aromatic heterocycles. The maximum absolute atomic E-state index is 12.4. The van der Waals surface area contributed by atoms with Gasteiger partial charge in [0.2, 0.25) is 5.91 Å². The van der Waals surface area contributed by atoms with E-state index >= 15 is 0 Å². The topological polar surface area (TPSA) is 61.9 Å². The number of hydrogen-bond donors (Lipinski definition) is 1. The first-order chi connectivity index (χ1) is 13.1. The Morgan fingerprint density at radius 1 is 1.07 bits per heavy atom. The molecule has 0 aliphatic carbocycles. The number of benzene rings is 2. The molecule has 1 heterocycles. The third-order valence-electron chi connectivity index (χ3n) is 4.56. The van der Waals surface area contributed by atoms with Gasteiger partial charge in [0.25, 0.3) is 5.91 Å². The van der Waals surface area contributed by atoms with E-state index in [-0.39, 0.29) is 18.4 Å². The predicted octanol–water partition coefficient (Wildman–Crippen LogP) is 2.43. The van der Waals surface area contributed by atoms with Crippen LogP contribution < -0.4 is 15.0 Å². The lowest BCUT2D eigenvalue weighted by molar-refractivity contribution is -0.130. The van der Waals surface area contributed by atoms with E-state index in [0.717, 1.165) is 24.5 Å². The molecule has 3 rings (SSSR count). The van der Waals surface area contributed by atoms with Gasteiger partial charge in [-0.05, 0) is 42.5 Å². The molecule has 1 aliphatic rings. The average Bonchev–Trinajstić information content (AvgIpc) is 2.72. The molecule has 0 unspecified atom stereocenters. The van der Waals surface area contributed by atoms with E-state index in [1.807, 2.05) is 24.3 Å². The maximum Gasteiger partial charge on any atom is 0.251 e. The van der Waals surface area contributed by atoms with E-state index in [9.17, 15) is 9.59 Å². The van der Waals surface area contributed by atoms with Crippen molar-refractivity contribution in [2.45, 2.75) is 0 Å². The Labute approximate surface area is 163 Å². The Bertz CT molecular complexity index is 802. The van der Waals surface area contributed by atoms with Gasteiger partial charge in [-0.15, -0.1) is 0 Å². The van der Waals surface area contributed by atoms with Crippen molar-refractivity contribution in [2.75, 3.05) is 44.7 Å². The number of ether oxygens (including phenoxy) is 1. The summed E-state index contributed by atoms with van der Waals surface area (Å²) in [6.07, 6.45) is 0. The van der Waals surface area contributed by atoms with Crippen LogP contribution in [0.1, 0.15) is 10.4 Å². The summed E-state index contributed by atoms with van der Waals surface area (Å²) in [5.74, 6) is 0.436. The zero-order valence-corrected chi connectivity index (χ0v) is 15.9.